The maximum atomic E-state index is 13.0. The number of amides is 1. The molecule has 0 aromatic carbocycles. The maximum absolute atomic E-state index is 13.0. The number of nitrogens with zero attached hydrogens (tertiary/aromatic N) is 5. The molecule has 1 aliphatic rings. The van der Waals surface area contributed by atoms with Crippen LogP contribution < -0.4 is 21.1 Å². The van der Waals surface area contributed by atoms with Crippen molar-refractivity contribution in [1.29, 1.82) is 0 Å². The number of aromatic nitrogens is 4. The average Bonchev–Trinajstić information content (AvgIpc) is 3.23. The van der Waals surface area contributed by atoms with Gasteiger partial charge >= 0.3 is 0 Å². The van der Waals surface area contributed by atoms with Gasteiger partial charge in [-0.1, -0.05) is 0 Å². The summed E-state index contributed by atoms with van der Waals surface area (Å²) in [6.07, 6.45) is 0.874. The van der Waals surface area contributed by atoms with Crippen LogP contribution in [0.2, 0.25) is 0 Å². The molecular formula is C20H23FN8O2S. The Morgan fingerprint density at radius 2 is 2.03 bits per heavy atom. The van der Waals surface area contributed by atoms with Crippen molar-refractivity contribution in [2.75, 3.05) is 43.4 Å². The number of nitrogens with one attached hydrogen (secondary N) is 3. The van der Waals surface area contributed by atoms with Crippen molar-refractivity contribution < 1.29 is 9.18 Å². The van der Waals surface area contributed by atoms with Gasteiger partial charge in [-0.2, -0.15) is 4.39 Å². The summed E-state index contributed by atoms with van der Waals surface area (Å²) < 4.78 is 13.0. The fourth-order valence-corrected chi connectivity index (χ4v) is 4.20. The highest BCUT2D eigenvalue weighted by Gasteiger charge is 2.20. The Morgan fingerprint density at radius 3 is 2.72 bits per heavy atom. The van der Waals surface area contributed by atoms with Gasteiger partial charge in [0.1, 0.15) is 5.69 Å². The molecule has 1 fully saturated rings. The first-order valence-electron chi connectivity index (χ1n) is 10.1. The molecule has 1 amide bonds. The molecule has 0 spiro atoms. The van der Waals surface area contributed by atoms with E-state index in [-0.39, 0.29) is 11.9 Å². The summed E-state index contributed by atoms with van der Waals surface area (Å²) in [6, 6.07) is 3.70. The van der Waals surface area contributed by atoms with Gasteiger partial charge in [0, 0.05) is 45.2 Å². The zero-order valence-electron chi connectivity index (χ0n) is 17.7. The number of anilines is 3. The molecule has 3 aromatic heterocycles. The molecule has 0 radical (unpaired) electrons. The summed E-state index contributed by atoms with van der Waals surface area (Å²) >= 11 is 1.39. The van der Waals surface area contributed by atoms with Crippen molar-refractivity contribution >= 4 is 34.0 Å². The maximum Gasteiger partial charge on any atom is 0.288 e. The Bertz CT molecular complexity index is 1170. The van der Waals surface area contributed by atoms with Crippen molar-refractivity contribution in [3.05, 3.63) is 57.0 Å². The second-order valence-corrected chi connectivity index (χ2v) is 8.18. The highest BCUT2D eigenvalue weighted by molar-refractivity contribution is 7.13. The van der Waals surface area contributed by atoms with E-state index in [9.17, 15) is 14.0 Å². The number of aryl methyl sites for hydroxylation is 1. The molecule has 168 valence electrons. The third kappa shape index (κ3) is 4.92. The van der Waals surface area contributed by atoms with Crippen LogP contribution in [0.4, 0.5) is 21.2 Å². The summed E-state index contributed by atoms with van der Waals surface area (Å²) in [4.78, 5) is 42.8. The Balaban J connectivity index is 1.32. The second kappa shape index (κ2) is 9.40. The van der Waals surface area contributed by atoms with E-state index >= 15 is 0 Å². The standard InChI is InChI=1S/C20H23FN8O2S/c1-12-16(4-3-15(24-12)18(31)22-2)29-7-5-28(6-8-29)10-13-11-32-20(25-13)27-19-23-9-14(21)17(30)26-19/h3-4,9,11H,5-8,10H2,1-2H3,(H,22,31)(H2,23,25,26,27,30). The van der Waals surface area contributed by atoms with Crippen molar-refractivity contribution in [2.24, 2.45) is 0 Å². The molecule has 1 saturated heterocycles. The number of aromatic amines is 1. The Hall–Kier alpha value is -3.38. The quantitative estimate of drug-likeness (QED) is 0.508. The van der Waals surface area contributed by atoms with Crippen molar-refractivity contribution in [3.63, 3.8) is 0 Å². The van der Waals surface area contributed by atoms with Gasteiger partial charge in [-0.3, -0.25) is 19.5 Å². The molecule has 4 heterocycles. The number of piperazine rings is 1. The molecule has 3 aromatic rings. The van der Waals surface area contributed by atoms with E-state index in [1.54, 1.807) is 13.1 Å². The Labute approximate surface area is 187 Å². The minimum absolute atomic E-state index is 0.150. The van der Waals surface area contributed by atoms with Crippen molar-refractivity contribution in [3.8, 4) is 0 Å². The van der Waals surface area contributed by atoms with Crippen LogP contribution >= 0.6 is 11.3 Å². The lowest BCUT2D eigenvalue weighted by Crippen LogP contribution is -2.46. The minimum Gasteiger partial charge on any atom is -0.368 e. The van der Waals surface area contributed by atoms with Crippen LogP contribution in [0, 0.1) is 12.7 Å². The van der Waals surface area contributed by atoms with Gasteiger partial charge in [0.2, 0.25) is 11.8 Å². The van der Waals surface area contributed by atoms with E-state index in [1.165, 1.54) is 11.3 Å². The molecule has 4 rings (SSSR count). The number of halogens is 1. The molecule has 32 heavy (non-hydrogen) atoms. The summed E-state index contributed by atoms with van der Waals surface area (Å²) in [5.41, 5.74) is 2.37. The fraction of sp³-hybridized carbons (Fsp3) is 0.350. The first-order valence-corrected chi connectivity index (χ1v) is 10.9. The number of pyridine rings is 1. The molecule has 1 aliphatic heterocycles. The number of carbonyl (C=O) groups is 1. The summed E-state index contributed by atoms with van der Waals surface area (Å²) in [5.74, 6) is -0.969. The van der Waals surface area contributed by atoms with Crippen molar-refractivity contribution in [1.82, 2.24) is 30.2 Å². The van der Waals surface area contributed by atoms with E-state index in [0.29, 0.717) is 17.4 Å². The van der Waals surface area contributed by atoms with Crippen LogP contribution in [-0.4, -0.2) is 64.0 Å². The number of carbonyl (C=O) groups excluding carboxylic acids is 1. The highest BCUT2D eigenvalue weighted by Crippen LogP contribution is 2.23. The predicted molar refractivity (Wildman–Crippen MR) is 120 cm³/mol. The van der Waals surface area contributed by atoms with Gasteiger partial charge in [-0.25, -0.2) is 15.0 Å². The first-order chi connectivity index (χ1) is 15.4. The number of H-pyrrole nitrogens is 1. The van der Waals surface area contributed by atoms with Gasteiger partial charge in [-0.05, 0) is 19.1 Å². The third-order valence-corrected chi connectivity index (χ3v) is 5.96. The lowest BCUT2D eigenvalue weighted by molar-refractivity contribution is 0.0958. The molecule has 0 unspecified atom stereocenters. The Morgan fingerprint density at radius 1 is 1.25 bits per heavy atom. The summed E-state index contributed by atoms with van der Waals surface area (Å²) in [7, 11) is 1.59. The molecule has 0 bridgehead atoms. The number of rotatable bonds is 6. The van der Waals surface area contributed by atoms with E-state index in [0.717, 1.165) is 49.5 Å². The molecule has 3 N–H and O–H groups in total. The van der Waals surface area contributed by atoms with Gasteiger partial charge < -0.3 is 15.5 Å². The first kappa shape index (κ1) is 21.8. The molecular weight excluding hydrogens is 435 g/mol. The van der Waals surface area contributed by atoms with Crippen LogP contribution in [0.15, 0.2) is 28.5 Å². The highest BCUT2D eigenvalue weighted by atomic mass is 32.1. The minimum atomic E-state index is -0.928. The van der Waals surface area contributed by atoms with Crippen LogP contribution in [0.5, 0.6) is 0 Å². The molecule has 12 heteroatoms. The van der Waals surface area contributed by atoms with Gasteiger partial charge in [0.15, 0.2) is 5.13 Å². The molecule has 10 nitrogen and oxygen atoms in total. The average molecular weight is 459 g/mol. The van der Waals surface area contributed by atoms with Crippen LogP contribution in [0.3, 0.4) is 0 Å². The third-order valence-electron chi connectivity index (χ3n) is 5.15. The van der Waals surface area contributed by atoms with Crippen LogP contribution in [-0.2, 0) is 6.54 Å². The smallest absolute Gasteiger partial charge is 0.288 e. The monoisotopic (exact) mass is 458 g/mol. The zero-order chi connectivity index (χ0) is 22.7. The zero-order valence-corrected chi connectivity index (χ0v) is 18.5. The summed E-state index contributed by atoms with van der Waals surface area (Å²) in [6.45, 7) is 6.04. The largest absolute Gasteiger partial charge is 0.368 e. The van der Waals surface area contributed by atoms with Gasteiger partial charge in [-0.15, -0.1) is 11.3 Å². The van der Waals surface area contributed by atoms with E-state index < -0.39 is 11.4 Å². The van der Waals surface area contributed by atoms with Gasteiger partial charge in [0.05, 0.1) is 23.3 Å². The van der Waals surface area contributed by atoms with Gasteiger partial charge in [0.25, 0.3) is 11.5 Å². The lowest BCUT2D eigenvalue weighted by atomic mass is 10.2. The predicted octanol–water partition coefficient (Wildman–Crippen LogP) is 1.49. The SMILES string of the molecule is CNC(=O)c1ccc(N2CCN(Cc3csc(Nc4ncc(F)c(=O)[nH]4)n3)CC2)c(C)n1. The molecule has 0 saturated carbocycles. The second-order valence-electron chi connectivity index (χ2n) is 7.32. The molecule has 0 aliphatic carbocycles. The topological polar surface area (TPSA) is 119 Å². The number of thiazole rings is 1. The van der Waals surface area contributed by atoms with E-state index in [1.807, 2.05) is 18.4 Å². The van der Waals surface area contributed by atoms with E-state index in [4.69, 9.17) is 0 Å². The van der Waals surface area contributed by atoms with Crippen molar-refractivity contribution in [2.45, 2.75) is 13.5 Å². The van der Waals surface area contributed by atoms with E-state index in [2.05, 4.69) is 40.4 Å². The number of hydrogen-bond acceptors (Lipinski definition) is 9. The van der Waals surface area contributed by atoms with Crippen LogP contribution in [0.25, 0.3) is 0 Å². The fourth-order valence-electron chi connectivity index (χ4n) is 3.50. The summed E-state index contributed by atoms with van der Waals surface area (Å²) in [5, 5.41) is 8.01. The molecule has 0 atom stereocenters. The number of hydrogen-bond donors (Lipinski definition) is 3. The lowest BCUT2D eigenvalue weighted by Gasteiger charge is -2.36. The normalized spacial score (nSPS) is 14.4. The van der Waals surface area contributed by atoms with Crippen LogP contribution in [0.1, 0.15) is 21.9 Å². The Kier molecular flexibility index (Phi) is 6.42.